The number of carbonyl (C=O) groups excluding carboxylic acids is 2. The van der Waals surface area contributed by atoms with Crippen LogP contribution in [0.2, 0.25) is 0 Å². The number of carbonyl (C=O) groups is 2. The van der Waals surface area contributed by atoms with Gasteiger partial charge in [0.15, 0.2) is 0 Å². The number of piperidine rings is 1. The SMILES string of the molecule is NC(=O)NCC1CCCCN1C(=O)c1ccc(OCC2CCCO2)cc1. The Morgan fingerprint density at radius 3 is 2.69 bits per heavy atom. The zero-order valence-corrected chi connectivity index (χ0v) is 15.0. The van der Waals surface area contributed by atoms with E-state index in [9.17, 15) is 9.59 Å². The normalized spacial score (nSPS) is 22.8. The van der Waals surface area contributed by atoms with Crippen LogP contribution in [0.4, 0.5) is 4.79 Å². The monoisotopic (exact) mass is 361 g/mol. The summed E-state index contributed by atoms with van der Waals surface area (Å²) in [6.45, 7) is 2.44. The van der Waals surface area contributed by atoms with Gasteiger partial charge >= 0.3 is 6.03 Å². The van der Waals surface area contributed by atoms with E-state index in [1.54, 1.807) is 12.1 Å². The van der Waals surface area contributed by atoms with E-state index >= 15 is 0 Å². The quantitative estimate of drug-likeness (QED) is 0.809. The molecule has 0 aliphatic carbocycles. The molecule has 2 fully saturated rings. The van der Waals surface area contributed by atoms with Crippen LogP contribution in [-0.4, -0.2) is 55.3 Å². The molecule has 142 valence electrons. The summed E-state index contributed by atoms with van der Waals surface area (Å²) >= 11 is 0. The first-order chi connectivity index (χ1) is 12.6. The third kappa shape index (κ3) is 4.88. The lowest BCUT2D eigenvalue weighted by Crippen LogP contribution is -2.50. The van der Waals surface area contributed by atoms with Crippen molar-refractivity contribution >= 4 is 11.9 Å². The number of nitrogens with one attached hydrogen (secondary N) is 1. The summed E-state index contributed by atoms with van der Waals surface area (Å²) in [5.74, 6) is 0.717. The van der Waals surface area contributed by atoms with Crippen LogP contribution in [0.5, 0.6) is 5.75 Å². The summed E-state index contributed by atoms with van der Waals surface area (Å²) in [6.07, 6.45) is 5.18. The molecule has 26 heavy (non-hydrogen) atoms. The number of nitrogens with zero attached hydrogens (tertiary/aromatic N) is 1. The van der Waals surface area contributed by atoms with E-state index < -0.39 is 6.03 Å². The van der Waals surface area contributed by atoms with Crippen molar-refractivity contribution in [1.29, 1.82) is 0 Å². The molecule has 2 heterocycles. The molecule has 1 aromatic rings. The number of rotatable bonds is 6. The molecule has 3 rings (SSSR count). The summed E-state index contributed by atoms with van der Waals surface area (Å²) in [7, 11) is 0. The van der Waals surface area contributed by atoms with E-state index in [0.29, 0.717) is 25.3 Å². The smallest absolute Gasteiger partial charge is 0.312 e. The second-order valence-electron chi connectivity index (χ2n) is 6.86. The fourth-order valence-electron chi connectivity index (χ4n) is 3.52. The molecule has 3 N–H and O–H groups in total. The van der Waals surface area contributed by atoms with Crippen LogP contribution in [0, 0.1) is 0 Å². The molecule has 0 aromatic heterocycles. The van der Waals surface area contributed by atoms with Crippen molar-refractivity contribution in [3.63, 3.8) is 0 Å². The molecular formula is C19H27N3O4. The van der Waals surface area contributed by atoms with Crippen molar-refractivity contribution in [2.24, 2.45) is 5.73 Å². The lowest BCUT2D eigenvalue weighted by atomic mass is 10.0. The topological polar surface area (TPSA) is 93.9 Å². The molecule has 2 unspecified atom stereocenters. The number of nitrogens with two attached hydrogens (primary N) is 1. The highest BCUT2D eigenvalue weighted by Crippen LogP contribution is 2.21. The highest BCUT2D eigenvalue weighted by Gasteiger charge is 2.27. The minimum absolute atomic E-state index is 0.0146. The van der Waals surface area contributed by atoms with Crippen molar-refractivity contribution in [1.82, 2.24) is 10.2 Å². The van der Waals surface area contributed by atoms with Gasteiger partial charge in [0, 0.05) is 31.3 Å². The fourth-order valence-corrected chi connectivity index (χ4v) is 3.52. The Balaban J connectivity index is 1.57. The standard InChI is InChI=1S/C19H27N3O4/c20-19(24)21-12-15-4-1-2-10-22(15)18(23)14-6-8-16(9-7-14)26-13-17-5-3-11-25-17/h6-9,15,17H,1-5,10-13H2,(H3,20,21,24). The van der Waals surface area contributed by atoms with E-state index in [2.05, 4.69) is 5.32 Å². The minimum Gasteiger partial charge on any atom is -0.491 e. The van der Waals surface area contributed by atoms with Crippen LogP contribution in [0.3, 0.4) is 0 Å². The van der Waals surface area contributed by atoms with Crippen LogP contribution in [0.15, 0.2) is 24.3 Å². The van der Waals surface area contributed by atoms with Gasteiger partial charge in [-0.1, -0.05) is 0 Å². The lowest BCUT2D eigenvalue weighted by Gasteiger charge is -2.35. The first-order valence-corrected chi connectivity index (χ1v) is 9.32. The minimum atomic E-state index is -0.560. The number of urea groups is 1. The van der Waals surface area contributed by atoms with Gasteiger partial charge in [0.05, 0.1) is 6.10 Å². The molecule has 1 aromatic carbocycles. The highest BCUT2D eigenvalue weighted by molar-refractivity contribution is 5.94. The Labute approximate surface area is 153 Å². The predicted octanol–water partition coefficient (Wildman–Crippen LogP) is 1.91. The summed E-state index contributed by atoms with van der Waals surface area (Å²) in [4.78, 5) is 25.7. The van der Waals surface area contributed by atoms with Gasteiger partial charge in [-0.05, 0) is 56.4 Å². The van der Waals surface area contributed by atoms with Gasteiger partial charge in [0.1, 0.15) is 12.4 Å². The number of hydrogen-bond donors (Lipinski definition) is 2. The number of primary amides is 1. The van der Waals surface area contributed by atoms with Crippen LogP contribution in [-0.2, 0) is 4.74 Å². The Morgan fingerprint density at radius 1 is 1.19 bits per heavy atom. The molecule has 2 aliphatic heterocycles. The molecule has 2 saturated heterocycles. The Kier molecular flexibility index (Phi) is 6.33. The van der Waals surface area contributed by atoms with Gasteiger partial charge < -0.3 is 25.4 Å². The number of ether oxygens (including phenoxy) is 2. The number of likely N-dealkylation sites (tertiary alicyclic amines) is 1. The predicted molar refractivity (Wildman–Crippen MR) is 97.2 cm³/mol. The van der Waals surface area contributed by atoms with Crippen molar-refractivity contribution in [2.75, 3.05) is 26.3 Å². The van der Waals surface area contributed by atoms with Gasteiger partial charge in [-0.25, -0.2) is 4.79 Å². The first kappa shape index (κ1) is 18.5. The molecule has 2 atom stereocenters. The molecule has 0 saturated carbocycles. The van der Waals surface area contributed by atoms with Crippen molar-refractivity contribution in [2.45, 2.75) is 44.2 Å². The molecule has 7 heteroatoms. The van der Waals surface area contributed by atoms with Crippen LogP contribution in [0.25, 0.3) is 0 Å². The lowest BCUT2D eigenvalue weighted by molar-refractivity contribution is 0.0614. The van der Waals surface area contributed by atoms with Crippen molar-refractivity contribution in [3.8, 4) is 5.75 Å². The number of benzene rings is 1. The Hall–Kier alpha value is -2.28. The second-order valence-corrected chi connectivity index (χ2v) is 6.86. The fraction of sp³-hybridized carbons (Fsp3) is 0.579. The third-order valence-corrected chi connectivity index (χ3v) is 4.96. The first-order valence-electron chi connectivity index (χ1n) is 9.32. The van der Waals surface area contributed by atoms with E-state index in [1.165, 1.54) is 0 Å². The van der Waals surface area contributed by atoms with Crippen LogP contribution >= 0.6 is 0 Å². The maximum atomic E-state index is 12.9. The average Bonchev–Trinajstić information content (AvgIpc) is 3.18. The maximum Gasteiger partial charge on any atom is 0.312 e. The van der Waals surface area contributed by atoms with E-state index in [0.717, 1.165) is 44.5 Å². The molecular weight excluding hydrogens is 334 g/mol. The number of hydrogen-bond acceptors (Lipinski definition) is 4. The molecule has 0 spiro atoms. The molecule has 7 nitrogen and oxygen atoms in total. The molecule has 0 radical (unpaired) electrons. The van der Waals surface area contributed by atoms with Gasteiger partial charge in [-0.2, -0.15) is 0 Å². The third-order valence-electron chi connectivity index (χ3n) is 4.96. The van der Waals surface area contributed by atoms with Gasteiger partial charge in [-0.3, -0.25) is 4.79 Å². The van der Waals surface area contributed by atoms with Crippen molar-refractivity contribution < 1.29 is 19.1 Å². The van der Waals surface area contributed by atoms with Crippen LogP contribution < -0.4 is 15.8 Å². The summed E-state index contributed by atoms with van der Waals surface area (Å²) in [5.41, 5.74) is 5.78. The van der Waals surface area contributed by atoms with E-state index in [-0.39, 0.29) is 18.1 Å². The van der Waals surface area contributed by atoms with Crippen molar-refractivity contribution in [3.05, 3.63) is 29.8 Å². The zero-order chi connectivity index (χ0) is 18.4. The van der Waals surface area contributed by atoms with Gasteiger partial charge in [0.25, 0.3) is 5.91 Å². The summed E-state index contributed by atoms with van der Waals surface area (Å²) < 4.78 is 11.3. The van der Waals surface area contributed by atoms with Gasteiger partial charge in [0.2, 0.25) is 0 Å². The highest BCUT2D eigenvalue weighted by atomic mass is 16.5. The van der Waals surface area contributed by atoms with Gasteiger partial charge in [-0.15, -0.1) is 0 Å². The molecule has 3 amide bonds. The van der Waals surface area contributed by atoms with E-state index in [1.807, 2.05) is 17.0 Å². The maximum absolute atomic E-state index is 12.9. The summed E-state index contributed by atoms with van der Waals surface area (Å²) in [5, 5.41) is 2.62. The van der Waals surface area contributed by atoms with Crippen LogP contribution in [0.1, 0.15) is 42.5 Å². The zero-order valence-electron chi connectivity index (χ0n) is 15.0. The Bertz CT molecular complexity index is 614. The molecule has 2 aliphatic rings. The average molecular weight is 361 g/mol. The summed E-state index contributed by atoms with van der Waals surface area (Å²) in [6, 6.07) is 6.65. The Morgan fingerprint density at radius 2 is 2.00 bits per heavy atom. The largest absolute Gasteiger partial charge is 0.491 e. The second kappa shape index (κ2) is 8.89. The molecule has 0 bridgehead atoms. The number of amides is 3. The van der Waals surface area contributed by atoms with E-state index in [4.69, 9.17) is 15.2 Å².